The van der Waals surface area contributed by atoms with Gasteiger partial charge in [-0.1, -0.05) is 6.07 Å². The van der Waals surface area contributed by atoms with Crippen LogP contribution in [0.2, 0.25) is 0 Å². The van der Waals surface area contributed by atoms with Crippen LogP contribution in [-0.2, 0) is 7.05 Å². The largest absolute Gasteiger partial charge is 0.340 e. The number of hydrogen-bond donors (Lipinski definition) is 1. The van der Waals surface area contributed by atoms with Gasteiger partial charge in [-0.05, 0) is 45.9 Å². The second kappa shape index (κ2) is 5.78. The first-order valence-corrected chi connectivity index (χ1v) is 7.92. The standard InChI is InChI=1S/C18H21FN4O/c1-10(2)23-12(4)17(11(3)21-23)20-18(24)16-9-13-14(19)7-6-8-15(13)22(16)5/h6-10H,1-5H3,(H,20,24). The summed E-state index contributed by atoms with van der Waals surface area (Å²) in [4.78, 5) is 12.7. The van der Waals surface area contributed by atoms with Gasteiger partial charge in [-0.3, -0.25) is 9.48 Å². The zero-order valence-corrected chi connectivity index (χ0v) is 14.5. The zero-order valence-electron chi connectivity index (χ0n) is 14.5. The summed E-state index contributed by atoms with van der Waals surface area (Å²) in [6.07, 6.45) is 0. The fourth-order valence-corrected chi connectivity index (χ4v) is 3.07. The van der Waals surface area contributed by atoms with Crippen LogP contribution < -0.4 is 5.32 Å². The van der Waals surface area contributed by atoms with Gasteiger partial charge in [0.25, 0.3) is 5.91 Å². The molecule has 0 spiro atoms. The molecule has 0 saturated carbocycles. The van der Waals surface area contributed by atoms with E-state index in [1.165, 1.54) is 6.07 Å². The molecule has 126 valence electrons. The van der Waals surface area contributed by atoms with Crippen molar-refractivity contribution in [2.75, 3.05) is 5.32 Å². The summed E-state index contributed by atoms with van der Waals surface area (Å²) in [5.41, 5.74) is 3.47. The normalized spacial score (nSPS) is 11.5. The molecule has 24 heavy (non-hydrogen) atoms. The van der Waals surface area contributed by atoms with Crippen LogP contribution in [0.3, 0.4) is 0 Å². The van der Waals surface area contributed by atoms with Crippen molar-refractivity contribution in [1.82, 2.24) is 14.3 Å². The average Bonchev–Trinajstić information content (AvgIpc) is 3.00. The average molecular weight is 328 g/mol. The first-order chi connectivity index (χ1) is 11.3. The number of rotatable bonds is 3. The Morgan fingerprint density at radius 1 is 1.29 bits per heavy atom. The number of carbonyl (C=O) groups excluding carboxylic acids is 1. The molecular formula is C18H21FN4O. The fraction of sp³-hybridized carbons (Fsp3) is 0.333. The Morgan fingerprint density at radius 3 is 2.58 bits per heavy atom. The minimum absolute atomic E-state index is 0.209. The summed E-state index contributed by atoms with van der Waals surface area (Å²) in [7, 11) is 1.76. The van der Waals surface area contributed by atoms with E-state index in [4.69, 9.17) is 0 Å². The van der Waals surface area contributed by atoms with Gasteiger partial charge in [-0.25, -0.2) is 4.39 Å². The number of nitrogens with zero attached hydrogens (tertiary/aromatic N) is 3. The summed E-state index contributed by atoms with van der Waals surface area (Å²) >= 11 is 0. The van der Waals surface area contributed by atoms with Crippen molar-refractivity contribution >= 4 is 22.5 Å². The van der Waals surface area contributed by atoms with E-state index in [-0.39, 0.29) is 17.8 Å². The van der Waals surface area contributed by atoms with Gasteiger partial charge < -0.3 is 9.88 Å². The van der Waals surface area contributed by atoms with E-state index in [0.717, 1.165) is 11.4 Å². The molecule has 0 aliphatic rings. The molecule has 1 aromatic carbocycles. The second-order valence-corrected chi connectivity index (χ2v) is 6.30. The van der Waals surface area contributed by atoms with Crippen LogP contribution in [0.1, 0.15) is 41.8 Å². The van der Waals surface area contributed by atoms with Crippen LogP contribution >= 0.6 is 0 Å². The molecule has 0 fully saturated rings. The lowest BCUT2D eigenvalue weighted by atomic mass is 10.2. The van der Waals surface area contributed by atoms with Gasteiger partial charge in [-0.15, -0.1) is 0 Å². The first kappa shape index (κ1) is 16.2. The molecule has 5 nitrogen and oxygen atoms in total. The highest BCUT2D eigenvalue weighted by molar-refractivity contribution is 6.07. The van der Waals surface area contributed by atoms with Crippen LogP contribution in [0.15, 0.2) is 24.3 Å². The molecule has 2 aromatic heterocycles. The van der Waals surface area contributed by atoms with Crippen molar-refractivity contribution in [3.63, 3.8) is 0 Å². The fourth-order valence-electron chi connectivity index (χ4n) is 3.07. The van der Waals surface area contributed by atoms with Gasteiger partial charge in [-0.2, -0.15) is 5.10 Å². The maximum absolute atomic E-state index is 13.9. The van der Waals surface area contributed by atoms with Crippen molar-refractivity contribution in [1.29, 1.82) is 0 Å². The van der Waals surface area contributed by atoms with E-state index >= 15 is 0 Å². The molecule has 3 aromatic rings. The number of amides is 1. The van der Waals surface area contributed by atoms with Crippen molar-refractivity contribution in [2.45, 2.75) is 33.7 Å². The maximum Gasteiger partial charge on any atom is 0.272 e. The summed E-state index contributed by atoms with van der Waals surface area (Å²) in [6, 6.07) is 6.62. The lowest BCUT2D eigenvalue weighted by Crippen LogP contribution is -2.16. The van der Waals surface area contributed by atoms with E-state index in [1.54, 1.807) is 29.8 Å². The van der Waals surface area contributed by atoms with Crippen molar-refractivity contribution in [2.24, 2.45) is 7.05 Å². The second-order valence-electron chi connectivity index (χ2n) is 6.30. The SMILES string of the molecule is Cc1nn(C(C)C)c(C)c1NC(=O)c1cc2c(F)cccc2n1C. The third-order valence-electron chi connectivity index (χ3n) is 4.32. The Balaban J connectivity index is 2.00. The molecular weight excluding hydrogens is 307 g/mol. The maximum atomic E-state index is 13.9. The zero-order chi connectivity index (χ0) is 17.6. The van der Waals surface area contributed by atoms with Crippen molar-refractivity contribution in [3.8, 4) is 0 Å². The van der Waals surface area contributed by atoms with Crippen molar-refractivity contribution < 1.29 is 9.18 Å². The molecule has 3 rings (SSSR count). The van der Waals surface area contributed by atoms with E-state index in [1.807, 2.05) is 32.4 Å². The van der Waals surface area contributed by atoms with Crippen LogP contribution in [0.25, 0.3) is 10.9 Å². The third kappa shape index (κ3) is 2.48. The molecule has 0 radical (unpaired) electrons. The molecule has 1 N–H and O–H groups in total. The smallest absolute Gasteiger partial charge is 0.272 e. The van der Waals surface area contributed by atoms with Crippen LogP contribution in [-0.4, -0.2) is 20.3 Å². The van der Waals surface area contributed by atoms with Crippen LogP contribution in [0, 0.1) is 19.7 Å². The highest BCUT2D eigenvalue weighted by Crippen LogP contribution is 2.25. The van der Waals surface area contributed by atoms with E-state index in [9.17, 15) is 9.18 Å². The minimum atomic E-state index is -0.331. The lowest BCUT2D eigenvalue weighted by Gasteiger charge is -2.10. The molecule has 0 aliphatic heterocycles. The predicted octanol–water partition coefficient (Wildman–Crippen LogP) is 3.96. The number of nitrogens with one attached hydrogen (secondary N) is 1. The quantitative estimate of drug-likeness (QED) is 0.791. The number of anilines is 1. The Kier molecular flexibility index (Phi) is 3.91. The Labute approximate surface area is 140 Å². The number of benzene rings is 1. The first-order valence-electron chi connectivity index (χ1n) is 7.92. The topological polar surface area (TPSA) is 51.9 Å². The van der Waals surface area contributed by atoms with Crippen molar-refractivity contribution in [3.05, 3.63) is 47.2 Å². The predicted molar refractivity (Wildman–Crippen MR) is 92.9 cm³/mol. The molecule has 0 atom stereocenters. The van der Waals surface area contributed by atoms with E-state index in [2.05, 4.69) is 10.4 Å². The van der Waals surface area contributed by atoms with E-state index < -0.39 is 0 Å². The van der Waals surface area contributed by atoms with E-state index in [0.29, 0.717) is 22.3 Å². The highest BCUT2D eigenvalue weighted by Gasteiger charge is 2.19. The summed E-state index contributed by atoms with van der Waals surface area (Å²) < 4.78 is 17.5. The third-order valence-corrected chi connectivity index (χ3v) is 4.32. The Morgan fingerprint density at radius 2 is 2.00 bits per heavy atom. The van der Waals surface area contributed by atoms with Gasteiger partial charge in [0.15, 0.2) is 0 Å². The Hall–Kier alpha value is -2.63. The van der Waals surface area contributed by atoms with Gasteiger partial charge in [0.05, 0.1) is 22.6 Å². The number of carbonyl (C=O) groups is 1. The molecule has 2 heterocycles. The Bertz CT molecular complexity index is 936. The monoisotopic (exact) mass is 328 g/mol. The molecule has 6 heteroatoms. The lowest BCUT2D eigenvalue weighted by molar-refractivity contribution is 0.101. The van der Waals surface area contributed by atoms with Gasteiger partial charge >= 0.3 is 0 Å². The number of aromatic nitrogens is 3. The van der Waals surface area contributed by atoms with Gasteiger partial charge in [0.1, 0.15) is 11.5 Å². The molecule has 1 amide bonds. The number of fused-ring (bicyclic) bond motifs is 1. The molecule has 0 unspecified atom stereocenters. The summed E-state index contributed by atoms with van der Waals surface area (Å²) in [6.45, 7) is 7.87. The molecule has 0 saturated heterocycles. The van der Waals surface area contributed by atoms with Crippen LogP contribution in [0.4, 0.5) is 10.1 Å². The number of halogens is 1. The summed E-state index contributed by atoms with van der Waals surface area (Å²) in [5.74, 6) is -0.607. The number of aryl methyl sites for hydroxylation is 2. The molecule has 0 aliphatic carbocycles. The van der Waals surface area contributed by atoms with Crippen LogP contribution in [0.5, 0.6) is 0 Å². The number of hydrogen-bond acceptors (Lipinski definition) is 2. The van der Waals surface area contributed by atoms with Gasteiger partial charge in [0.2, 0.25) is 0 Å². The summed E-state index contributed by atoms with van der Waals surface area (Å²) in [5, 5.41) is 7.84. The van der Waals surface area contributed by atoms with Gasteiger partial charge in [0, 0.05) is 18.5 Å². The highest BCUT2D eigenvalue weighted by atomic mass is 19.1. The minimum Gasteiger partial charge on any atom is -0.340 e. The molecule has 0 bridgehead atoms.